The van der Waals surface area contributed by atoms with Crippen LogP contribution in [0.25, 0.3) is 0 Å². The number of nitrogens with one attached hydrogen (secondary N) is 3. The molecule has 0 unspecified atom stereocenters. The van der Waals surface area contributed by atoms with E-state index in [0.29, 0.717) is 17.8 Å². The van der Waals surface area contributed by atoms with Crippen LogP contribution in [0.15, 0.2) is 27.9 Å². The molecule has 1 fully saturated rings. The number of anilines is 3. The minimum Gasteiger partial charge on any atom is -0.365 e. The third-order valence-electron chi connectivity index (χ3n) is 5.46. The Morgan fingerprint density at radius 1 is 1.26 bits per heavy atom. The largest absolute Gasteiger partial charge is 0.365 e. The van der Waals surface area contributed by atoms with E-state index in [4.69, 9.17) is 11.5 Å². The average molecular weight is 449 g/mol. The number of rotatable bonds is 7. The van der Waals surface area contributed by atoms with Gasteiger partial charge in [0.2, 0.25) is 5.95 Å². The Balaban J connectivity index is 1.90. The smallest absolute Gasteiger partial charge is 0.267 e. The number of amides is 1. The number of sulfone groups is 1. The summed E-state index contributed by atoms with van der Waals surface area (Å²) in [6.07, 6.45) is 6.14. The predicted molar refractivity (Wildman–Crippen MR) is 119 cm³/mol. The van der Waals surface area contributed by atoms with Gasteiger partial charge in [0.15, 0.2) is 15.7 Å². The molecule has 1 heterocycles. The lowest BCUT2D eigenvalue weighted by atomic mass is 9.82. The maximum atomic E-state index is 12.5. The Labute approximate surface area is 180 Å². The highest BCUT2D eigenvalue weighted by molar-refractivity contribution is 7.90. The van der Waals surface area contributed by atoms with E-state index in [0.717, 1.165) is 38.4 Å². The molecule has 0 saturated heterocycles. The van der Waals surface area contributed by atoms with Crippen molar-refractivity contribution < 1.29 is 13.2 Å². The van der Waals surface area contributed by atoms with Crippen LogP contribution in [-0.4, -0.2) is 42.6 Å². The van der Waals surface area contributed by atoms with Gasteiger partial charge in [-0.1, -0.05) is 19.3 Å². The molecule has 1 amide bonds. The van der Waals surface area contributed by atoms with E-state index >= 15 is 0 Å². The van der Waals surface area contributed by atoms with Crippen molar-refractivity contribution in [1.82, 2.24) is 9.97 Å². The van der Waals surface area contributed by atoms with Crippen LogP contribution in [0, 0.1) is 6.92 Å². The highest BCUT2D eigenvalue weighted by Gasteiger charge is 2.27. The van der Waals surface area contributed by atoms with Crippen LogP contribution in [0.3, 0.4) is 0 Å². The summed E-state index contributed by atoms with van der Waals surface area (Å²) in [7, 11) is -3.38. The van der Waals surface area contributed by atoms with Crippen molar-refractivity contribution in [3.05, 3.63) is 39.7 Å². The zero-order valence-corrected chi connectivity index (χ0v) is 18.4. The molecule has 7 N–H and O–H groups in total. The van der Waals surface area contributed by atoms with Crippen LogP contribution >= 0.6 is 0 Å². The van der Waals surface area contributed by atoms with E-state index in [9.17, 15) is 18.0 Å². The number of H-pyrrole nitrogens is 1. The number of hydrogen-bond donors (Lipinski definition) is 5. The Morgan fingerprint density at radius 2 is 1.94 bits per heavy atom. The normalized spacial score (nSPS) is 16.0. The zero-order chi connectivity index (χ0) is 22.8. The van der Waals surface area contributed by atoms with Crippen LogP contribution in [0.2, 0.25) is 0 Å². The van der Waals surface area contributed by atoms with Gasteiger partial charge in [-0.05, 0) is 43.5 Å². The first-order valence-electron chi connectivity index (χ1n) is 10.0. The average Bonchev–Trinajstić information content (AvgIpc) is 2.65. The topological polar surface area (TPSA) is 173 Å². The number of aromatic nitrogens is 2. The van der Waals surface area contributed by atoms with E-state index in [1.54, 1.807) is 13.0 Å². The summed E-state index contributed by atoms with van der Waals surface area (Å²) in [6, 6.07) is 4.57. The van der Waals surface area contributed by atoms with Gasteiger partial charge in [0.25, 0.3) is 11.5 Å². The molecule has 0 aliphatic heterocycles. The minimum atomic E-state index is -3.38. The quantitative estimate of drug-likeness (QED) is 0.422. The summed E-state index contributed by atoms with van der Waals surface area (Å²) in [5.74, 6) is -0.799. The van der Waals surface area contributed by atoms with E-state index in [1.165, 1.54) is 12.1 Å². The zero-order valence-electron chi connectivity index (χ0n) is 17.6. The summed E-state index contributed by atoms with van der Waals surface area (Å²) < 4.78 is 23.7. The number of aromatic amines is 1. The molecule has 0 atom stereocenters. The Bertz CT molecular complexity index is 1150. The molecule has 0 radical (unpaired) electrons. The monoisotopic (exact) mass is 448 g/mol. The number of carbonyl (C=O) groups excluding carboxylic acids is 1. The molecular formula is C20H28N6O4S. The van der Waals surface area contributed by atoms with Crippen LogP contribution in [-0.2, 0) is 9.84 Å². The lowest BCUT2D eigenvalue weighted by Gasteiger charge is -2.33. The molecule has 1 saturated carbocycles. The Hall–Kier alpha value is -2.92. The Kier molecular flexibility index (Phi) is 6.37. The molecule has 1 aromatic heterocycles. The van der Waals surface area contributed by atoms with Gasteiger partial charge in [-0.15, -0.1) is 0 Å². The molecule has 31 heavy (non-hydrogen) atoms. The second kappa shape index (κ2) is 8.67. The van der Waals surface area contributed by atoms with Gasteiger partial charge < -0.3 is 22.1 Å². The Morgan fingerprint density at radius 3 is 2.52 bits per heavy atom. The third-order valence-corrected chi connectivity index (χ3v) is 6.72. The highest BCUT2D eigenvalue weighted by atomic mass is 32.2. The molecular weight excluding hydrogens is 420 g/mol. The lowest BCUT2D eigenvalue weighted by Crippen LogP contribution is -2.48. The number of primary amides is 1. The fraction of sp³-hybridized carbons (Fsp3) is 0.450. The van der Waals surface area contributed by atoms with Crippen molar-refractivity contribution in [2.45, 2.75) is 49.5 Å². The fourth-order valence-electron chi connectivity index (χ4n) is 3.85. The second-order valence-corrected chi connectivity index (χ2v) is 10.1. The molecule has 1 aliphatic carbocycles. The second-order valence-electron chi connectivity index (χ2n) is 8.16. The third kappa shape index (κ3) is 5.42. The van der Waals surface area contributed by atoms with E-state index in [1.807, 2.05) is 0 Å². The number of aryl methyl sites for hydroxylation is 1. The molecule has 1 aromatic carbocycles. The SMILES string of the molecule is Cc1cc(Nc2nc(NCC3(N)CCCCC3)[nH]c(=O)c2C(N)=O)ccc1S(C)(=O)=O. The molecule has 3 rings (SSSR count). The first-order valence-corrected chi connectivity index (χ1v) is 11.9. The van der Waals surface area contributed by atoms with Crippen LogP contribution in [0.5, 0.6) is 0 Å². The van der Waals surface area contributed by atoms with E-state index in [2.05, 4.69) is 20.6 Å². The maximum Gasteiger partial charge on any atom is 0.267 e. The maximum absolute atomic E-state index is 12.5. The number of benzene rings is 1. The summed E-state index contributed by atoms with van der Waals surface area (Å²) >= 11 is 0. The first-order chi connectivity index (χ1) is 14.5. The molecule has 11 heteroatoms. The number of carbonyl (C=O) groups is 1. The molecule has 0 spiro atoms. The standard InChI is InChI=1S/C20H28N6O4S/c1-12-10-13(6-7-14(12)31(2,29)30)24-17-15(16(21)27)18(28)26-19(25-17)23-11-20(22)8-4-3-5-9-20/h6-7,10H,3-5,8-9,11,22H2,1-2H3,(H2,21,27)(H3,23,24,25,26,28). The van der Waals surface area contributed by atoms with E-state index in [-0.39, 0.29) is 27.8 Å². The summed E-state index contributed by atoms with van der Waals surface area (Å²) in [5.41, 5.74) is 11.4. The lowest BCUT2D eigenvalue weighted by molar-refractivity contribution is 0.0999. The molecule has 1 aliphatic rings. The van der Waals surface area contributed by atoms with Gasteiger partial charge in [-0.3, -0.25) is 14.6 Å². The van der Waals surface area contributed by atoms with Crippen molar-refractivity contribution in [2.75, 3.05) is 23.4 Å². The molecule has 2 aromatic rings. The fourth-order valence-corrected chi connectivity index (χ4v) is 4.81. The van der Waals surface area contributed by atoms with E-state index < -0.39 is 21.3 Å². The van der Waals surface area contributed by atoms with Gasteiger partial charge in [-0.2, -0.15) is 4.98 Å². The molecule has 168 valence electrons. The summed E-state index contributed by atoms with van der Waals surface area (Å²) in [5, 5.41) is 5.97. The van der Waals surface area contributed by atoms with Crippen molar-refractivity contribution in [2.24, 2.45) is 11.5 Å². The summed E-state index contributed by atoms with van der Waals surface area (Å²) in [4.78, 5) is 31.4. The predicted octanol–water partition coefficient (Wildman–Crippen LogP) is 1.40. The number of hydrogen-bond acceptors (Lipinski definition) is 8. The van der Waals surface area contributed by atoms with Gasteiger partial charge in [0.05, 0.1) is 4.90 Å². The van der Waals surface area contributed by atoms with Crippen LogP contribution < -0.4 is 27.7 Å². The first kappa shape index (κ1) is 22.8. The van der Waals surface area contributed by atoms with Crippen LogP contribution in [0.1, 0.15) is 48.0 Å². The summed E-state index contributed by atoms with van der Waals surface area (Å²) in [6.45, 7) is 2.08. The van der Waals surface area contributed by atoms with Gasteiger partial charge >= 0.3 is 0 Å². The number of nitrogens with zero attached hydrogens (tertiary/aromatic N) is 1. The van der Waals surface area contributed by atoms with Crippen molar-refractivity contribution in [3.63, 3.8) is 0 Å². The number of nitrogens with two attached hydrogens (primary N) is 2. The van der Waals surface area contributed by atoms with Crippen molar-refractivity contribution >= 4 is 33.2 Å². The van der Waals surface area contributed by atoms with Crippen molar-refractivity contribution in [1.29, 1.82) is 0 Å². The van der Waals surface area contributed by atoms with Crippen molar-refractivity contribution in [3.8, 4) is 0 Å². The molecule has 10 nitrogen and oxygen atoms in total. The minimum absolute atomic E-state index is 0.0278. The highest BCUT2D eigenvalue weighted by Crippen LogP contribution is 2.26. The molecule has 0 bridgehead atoms. The van der Waals surface area contributed by atoms with Gasteiger partial charge in [0.1, 0.15) is 5.56 Å². The van der Waals surface area contributed by atoms with Gasteiger partial charge in [0, 0.05) is 24.0 Å². The van der Waals surface area contributed by atoms with Crippen LogP contribution in [0.4, 0.5) is 17.5 Å². The van der Waals surface area contributed by atoms with Gasteiger partial charge in [-0.25, -0.2) is 8.42 Å².